The maximum absolute atomic E-state index is 12.8. The maximum Gasteiger partial charge on any atom is 0.259 e. The second-order valence-electron chi connectivity index (χ2n) is 6.16. The Morgan fingerprint density at radius 2 is 1.75 bits per heavy atom. The van der Waals surface area contributed by atoms with E-state index < -0.39 is 0 Å². The van der Waals surface area contributed by atoms with Crippen molar-refractivity contribution in [2.45, 2.75) is 0 Å². The highest BCUT2D eigenvalue weighted by Gasteiger charge is 2.15. The number of ether oxygens (including phenoxy) is 2. The summed E-state index contributed by atoms with van der Waals surface area (Å²) in [6.07, 6.45) is 3.89. The number of hydrogen-bond donors (Lipinski definition) is 1. The second-order valence-corrected chi connectivity index (χ2v) is 6.16. The zero-order valence-corrected chi connectivity index (χ0v) is 15.5. The number of carbonyl (C=O) groups excluding carboxylic acids is 1. The summed E-state index contributed by atoms with van der Waals surface area (Å²) >= 11 is 0. The van der Waals surface area contributed by atoms with Gasteiger partial charge in [-0.25, -0.2) is 4.98 Å². The molecule has 0 aliphatic carbocycles. The number of para-hydroxylation sites is 1. The molecule has 2 aromatic carbocycles. The molecule has 0 unspecified atom stereocenters. The van der Waals surface area contributed by atoms with Crippen LogP contribution in [0.25, 0.3) is 16.9 Å². The number of nitrogens with zero attached hydrogens (tertiary/aromatic N) is 2. The molecule has 6 nitrogen and oxygen atoms in total. The SMILES string of the molecule is COc1ccc(-c2cn3ccccc3n2)cc1NC(=O)c1ccccc1OC. The summed E-state index contributed by atoms with van der Waals surface area (Å²) < 4.78 is 12.7. The summed E-state index contributed by atoms with van der Waals surface area (Å²) in [5.41, 5.74) is 3.55. The number of imidazole rings is 1. The normalized spacial score (nSPS) is 10.6. The lowest BCUT2D eigenvalue weighted by Gasteiger charge is -2.13. The molecule has 6 heteroatoms. The standard InChI is InChI=1S/C22H19N3O3/c1-27-19-8-4-3-7-16(19)22(26)24-17-13-15(10-11-20(17)28-2)18-14-25-12-6-5-9-21(25)23-18/h3-14H,1-2H3,(H,24,26). The molecule has 0 saturated carbocycles. The first kappa shape index (κ1) is 17.6. The van der Waals surface area contributed by atoms with Crippen LogP contribution in [0.4, 0.5) is 5.69 Å². The molecule has 4 aromatic rings. The third-order valence-corrected chi connectivity index (χ3v) is 4.46. The van der Waals surface area contributed by atoms with Crippen LogP contribution in [0.3, 0.4) is 0 Å². The lowest BCUT2D eigenvalue weighted by molar-refractivity contribution is 0.102. The summed E-state index contributed by atoms with van der Waals surface area (Å²) in [6.45, 7) is 0. The number of benzene rings is 2. The van der Waals surface area contributed by atoms with Crippen LogP contribution in [0.2, 0.25) is 0 Å². The van der Waals surface area contributed by atoms with E-state index in [2.05, 4.69) is 10.3 Å². The predicted octanol–water partition coefficient (Wildman–Crippen LogP) is 4.27. The van der Waals surface area contributed by atoms with Gasteiger partial charge in [0.05, 0.1) is 31.2 Å². The number of carbonyl (C=O) groups is 1. The molecule has 2 aromatic heterocycles. The zero-order valence-electron chi connectivity index (χ0n) is 15.5. The van der Waals surface area contributed by atoms with E-state index in [1.807, 2.05) is 59.3 Å². The van der Waals surface area contributed by atoms with Gasteiger partial charge in [0, 0.05) is 18.0 Å². The Morgan fingerprint density at radius 1 is 0.964 bits per heavy atom. The molecule has 0 radical (unpaired) electrons. The van der Waals surface area contributed by atoms with E-state index in [4.69, 9.17) is 9.47 Å². The summed E-state index contributed by atoms with van der Waals surface area (Å²) in [4.78, 5) is 17.4. The third-order valence-electron chi connectivity index (χ3n) is 4.46. The molecule has 0 atom stereocenters. The first-order chi connectivity index (χ1) is 13.7. The quantitative estimate of drug-likeness (QED) is 0.567. The first-order valence-electron chi connectivity index (χ1n) is 8.76. The molecular weight excluding hydrogens is 354 g/mol. The van der Waals surface area contributed by atoms with E-state index >= 15 is 0 Å². The molecule has 0 spiro atoms. The second kappa shape index (κ2) is 7.44. The molecule has 0 bridgehead atoms. The summed E-state index contributed by atoms with van der Waals surface area (Å²) in [7, 11) is 3.11. The molecule has 0 fully saturated rings. The Hall–Kier alpha value is -3.80. The van der Waals surface area contributed by atoms with Crippen LogP contribution in [0.15, 0.2) is 73.1 Å². The van der Waals surface area contributed by atoms with Crippen LogP contribution in [-0.2, 0) is 0 Å². The van der Waals surface area contributed by atoms with E-state index in [0.29, 0.717) is 22.7 Å². The fourth-order valence-electron chi connectivity index (χ4n) is 3.06. The molecule has 0 aliphatic rings. The van der Waals surface area contributed by atoms with E-state index in [-0.39, 0.29) is 5.91 Å². The van der Waals surface area contributed by atoms with Crippen molar-refractivity contribution in [1.29, 1.82) is 0 Å². The van der Waals surface area contributed by atoms with Crippen LogP contribution in [0, 0.1) is 0 Å². The highest BCUT2D eigenvalue weighted by atomic mass is 16.5. The molecule has 1 N–H and O–H groups in total. The maximum atomic E-state index is 12.8. The topological polar surface area (TPSA) is 64.9 Å². The van der Waals surface area contributed by atoms with Gasteiger partial charge in [0.1, 0.15) is 17.1 Å². The smallest absolute Gasteiger partial charge is 0.259 e. The van der Waals surface area contributed by atoms with Crippen molar-refractivity contribution in [2.75, 3.05) is 19.5 Å². The Balaban J connectivity index is 1.70. The van der Waals surface area contributed by atoms with Gasteiger partial charge < -0.3 is 19.2 Å². The van der Waals surface area contributed by atoms with Crippen molar-refractivity contribution in [2.24, 2.45) is 0 Å². The number of pyridine rings is 1. The number of nitrogens with one attached hydrogen (secondary N) is 1. The average Bonchev–Trinajstić information content (AvgIpc) is 3.18. The molecule has 28 heavy (non-hydrogen) atoms. The van der Waals surface area contributed by atoms with Gasteiger partial charge in [-0.05, 0) is 42.5 Å². The summed E-state index contributed by atoms with van der Waals surface area (Å²) in [5.74, 6) is 0.800. The van der Waals surface area contributed by atoms with Gasteiger partial charge in [-0.15, -0.1) is 0 Å². The first-order valence-corrected chi connectivity index (χ1v) is 8.76. The van der Waals surface area contributed by atoms with Gasteiger partial charge >= 0.3 is 0 Å². The highest BCUT2D eigenvalue weighted by Crippen LogP contribution is 2.31. The van der Waals surface area contributed by atoms with Crippen molar-refractivity contribution in [1.82, 2.24) is 9.38 Å². The molecule has 2 heterocycles. The fraction of sp³-hybridized carbons (Fsp3) is 0.0909. The number of hydrogen-bond acceptors (Lipinski definition) is 4. The van der Waals surface area contributed by atoms with Gasteiger partial charge in [0.2, 0.25) is 0 Å². The van der Waals surface area contributed by atoms with Gasteiger partial charge in [0.25, 0.3) is 5.91 Å². The fourth-order valence-corrected chi connectivity index (χ4v) is 3.06. The number of aromatic nitrogens is 2. The molecular formula is C22H19N3O3. The lowest BCUT2D eigenvalue weighted by atomic mass is 10.1. The monoisotopic (exact) mass is 373 g/mol. The van der Waals surface area contributed by atoms with E-state index in [1.165, 1.54) is 7.11 Å². The van der Waals surface area contributed by atoms with Crippen LogP contribution < -0.4 is 14.8 Å². The zero-order chi connectivity index (χ0) is 19.5. The molecule has 140 valence electrons. The van der Waals surface area contributed by atoms with Crippen molar-refractivity contribution in [3.63, 3.8) is 0 Å². The van der Waals surface area contributed by atoms with Crippen LogP contribution in [0.5, 0.6) is 11.5 Å². The summed E-state index contributed by atoms with van der Waals surface area (Å²) in [5, 5.41) is 2.92. The Morgan fingerprint density at radius 3 is 2.54 bits per heavy atom. The van der Waals surface area contributed by atoms with Crippen molar-refractivity contribution >= 4 is 17.2 Å². The molecule has 0 saturated heterocycles. The average molecular weight is 373 g/mol. The number of fused-ring (bicyclic) bond motifs is 1. The van der Waals surface area contributed by atoms with E-state index in [9.17, 15) is 4.79 Å². The Bertz CT molecular complexity index is 1120. The number of rotatable bonds is 5. The van der Waals surface area contributed by atoms with Gasteiger partial charge in [0.15, 0.2) is 0 Å². The molecule has 4 rings (SSSR count). The van der Waals surface area contributed by atoms with Crippen LogP contribution >= 0.6 is 0 Å². The minimum absolute atomic E-state index is 0.275. The van der Waals surface area contributed by atoms with Crippen molar-refractivity contribution in [3.8, 4) is 22.8 Å². The highest BCUT2D eigenvalue weighted by molar-refractivity contribution is 6.07. The number of amides is 1. The van der Waals surface area contributed by atoms with Gasteiger partial charge in [-0.2, -0.15) is 0 Å². The Kier molecular flexibility index (Phi) is 4.68. The van der Waals surface area contributed by atoms with Crippen LogP contribution in [-0.4, -0.2) is 29.5 Å². The largest absolute Gasteiger partial charge is 0.496 e. The number of anilines is 1. The minimum atomic E-state index is -0.275. The van der Waals surface area contributed by atoms with Gasteiger partial charge in [-0.3, -0.25) is 4.79 Å². The van der Waals surface area contributed by atoms with Crippen LogP contribution in [0.1, 0.15) is 10.4 Å². The summed E-state index contributed by atoms with van der Waals surface area (Å²) in [6, 6.07) is 18.5. The Labute approximate surface area is 162 Å². The van der Waals surface area contributed by atoms with E-state index in [1.54, 1.807) is 25.3 Å². The minimum Gasteiger partial charge on any atom is -0.496 e. The third kappa shape index (κ3) is 3.27. The molecule has 0 aliphatic heterocycles. The van der Waals surface area contributed by atoms with Crippen molar-refractivity contribution < 1.29 is 14.3 Å². The van der Waals surface area contributed by atoms with Crippen molar-refractivity contribution in [3.05, 3.63) is 78.6 Å². The van der Waals surface area contributed by atoms with E-state index in [0.717, 1.165) is 16.9 Å². The number of methoxy groups -OCH3 is 2. The molecule has 1 amide bonds. The predicted molar refractivity (Wildman–Crippen MR) is 108 cm³/mol. The van der Waals surface area contributed by atoms with Gasteiger partial charge in [-0.1, -0.05) is 18.2 Å². The lowest BCUT2D eigenvalue weighted by Crippen LogP contribution is -2.13.